The number of aromatic nitrogens is 2. The topological polar surface area (TPSA) is 69.2 Å². The number of hydrogen-bond acceptors (Lipinski definition) is 8. The fourth-order valence-electron chi connectivity index (χ4n) is 7.30. The van der Waals surface area contributed by atoms with Crippen LogP contribution >= 0.6 is 0 Å². The number of likely N-dealkylation sites (tertiary alicyclic amines) is 2. The summed E-state index contributed by atoms with van der Waals surface area (Å²) in [6.07, 6.45) is 5.94. The molecule has 0 N–H and O–H groups in total. The van der Waals surface area contributed by atoms with Crippen LogP contribution in [0.25, 0.3) is 0 Å². The molecule has 8 nitrogen and oxygen atoms in total. The summed E-state index contributed by atoms with van der Waals surface area (Å²) >= 11 is 0. The van der Waals surface area contributed by atoms with E-state index in [2.05, 4.69) is 54.8 Å². The molecule has 6 heterocycles. The lowest BCUT2D eigenvalue weighted by atomic mass is 9.94. The van der Waals surface area contributed by atoms with Crippen LogP contribution in [0.5, 0.6) is 0 Å². The molecule has 8 heteroatoms. The van der Waals surface area contributed by atoms with Crippen molar-refractivity contribution in [3.63, 3.8) is 0 Å². The molecule has 6 rings (SSSR count). The molecule has 0 saturated carbocycles. The second-order valence-corrected chi connectivity index (χ2v) is 13.4. The molecule has 43 heavy (non-hydrogen) atoms. The van der Waals surface area contributed by atoms with Crippen molar-refractivity contribution in [1.29, 1.82) is 0 Å². The normalized spacial score (nSPS) is 28.5. The zero-order valence-electron chi connectivity index (χ0n) is 26.8. The van der Waals surface area contributed by atoms with Gasteiger partial charge in [0.05, 0.1) is 49.5 Å². The lowest BCUT2D eigenvalue weighted by Crippen LogP contribution is -2.27. The average Bonchev–Trinajstić information content (AvgIpc) is 3.84. The fraction of sp³-hybridized carbons (Fsp3) is 0.714. The predicted molar refractivity (Wildman–Crippen MR) is 168 cm³/mol. The Balaban J connectivity index is 1.02. The van der Waals surface area contributed by atoms with Gasteiger partial charge in [-0.1, -0.05) is 32.9 Å². The molecule has 0 amide bonds. The van der Waals surface area contributed by atoms with Crippen molar-refractivity contribution in [2.45, 2.75) is 102 Å². The van der Waals surface area contributed by atoms with Crippen LogP contribution in [0, 0.1) is 0 Å². The molecule has 0 spiro atoms. The minimum Gasteiger partial charge on any atom is -0.381 e. The molecular weight excluding hydrogens is 540 g/mol. The molecule has 0 bridgehead atoms. The van der Waals surface area contributed by atoms with Gasteiger partial charge in [-0.25, -0.2) is 0 Å². The monoisotopic (exact) mass is 592 g/mol. The summed E-state index contributed by atoms with van der Waals surface area (Å²) in [5.41, 5.74) is 7.53. The summed E-state index contributed by atoms with van der Waals surface area (Å²) in [6.45, 7) is 15.6. The Hall–Kier alpha value is -1.94. The average molecular weight is 593 g/mol. The van der Waals surface area contributed by atoms with Gasteiger partial charge in [-0.3, -0.25) is 19.8 Å². The molecule has 2 aromatic rings. The van der Waals surface area contributed by atoms with Crippen LogP contribution in [0.1, 0.15) is 98.1 Å². The van der Waals surface area contributed by atoms with Crippen LogP contribution in [0.2, 0.25) is 0 Å². The Labute approximate surface area is 258 Å². The highest BCUT2D eigenvalue weighted by Gasteiger charge is 2.33. The molecule has 4 saturated heterocycles. The van der Waals surface area contributed by atoms with Crippen molar-refractivity contribution in [2.24, 2.45) is 0 Å². The molecule has 4 fully saturated rings. The Morgan fingerprint density at radius 1 is 0.884 bits per heavy atom. The van der Waals surface area contributed by atoms with E-state index in [1.807, 2.05) is 7.11 Å². The van der Waals surface area contributed by atoms with Gasteiger partial charge in [0, 0.05) is 76.2 Å². The first-order valence-electron chi connectivity index (χ1n) is 16.8. The van der Waals surface area contributed by atoms with E-state index >= 15 is 0 Å². The van der Waals surface area contributed by atoms with Crippen molar-refractivity contribution in [2.75, 3.05) is 59.7 Å². The molecule has 4 aliphatic rings. The molecule has 4 aliphatic heterocycles. The number of rotatable bonds is 12. The Morgan fingerprint density at radius 3 is 2.30 bits per heavy atom. The Kier molecular flexibility index (Phi) is 10.4. The van der Waals surface area contributed by atoms with Crippen LogP contribution in [0.4, 0.5) is 0 Å². The minimum absolute atomic E-state index is 0.140. The van der Waals surface area contributed by atoms with E-state index in [0.717, 1.165) is 91.2 Å². The third-order valence-corrected chi connectivity index (χ3v) is 10.00. The predicted octanol–water partition coefficient (Wildman–Crippen LogP) is 5.05. The zero-order valence-corrected chi connectivity index (χ0v) is 26.8. The first-order valence-corrected chi connectivity index (χ1v) is 16.8. The van der Waals surface area contributed by atoms with Gasteiger partial charge in [0.15, 0.2) is 0 Å². The summed E-state index contributed by atoms with van der Waals surface area (Å²) in [4.78, 5) is 15.2. The number of nitrogens with zero attached hydrogens (tertiary/aromatic N) is 4. The minimum atomic E-state index is 0.140. The van der Waals surface area contributed by atoms with E-state index in [4.69, 9.17) is 28.9 Å². The smallest absolute Gasteiger partial charge is 0.0815 e. The zero-order chi connectivity index (χ0) is 29.8. The number of pyridine rings is 2. The maximum atomic E-state index is 6.48. The SMILES string of the molecule is CCc1ccc(C2COC(CO[C@H]3CCN(Cc4nc(C(C)C)ccc4C4CCOC4)C3)C2)c(CN2CCC(OC)C2)n1. The summed E-state index contributed by atoms with van der Waals surface area (Å²) < 4.78 is 24.1. The summed E-state index contributed by atoms with van der Waals surface area (Å²) in [5, 5.41) is 0. The lowest BCUT2D eigenvalue weighted by molar-refractivity contribution is -0.0167. The van der Waals surface area contributed by atoms with Crippen molar-refractivity contribution < 1.29 is 18.9 Å². The van der Waals surface area contributed by atoms with Gasteiger partial charge in [-0.15, -0.1) is 0 Å². The number of methoxy groups -OCH3 is 1. The van der Waals surface area contributed by atoms with Crippen LogP contribution < -0.4 is 0 Å². The molecule has 2 aromatic heterocycles. The number of hydrogen-bond donors (Lipinski definition) is 0. The van der Waals surface area contributed by atoms with Gasteiger partial charge >= 0.3 is 0 Å². The number of aryl methyl sites for hydroxylation is 1. The summed E-state index contributed by atoms with van der Waals surface area (Å²) in [5.74, 6) is 1.27. The largest absolute Gasteiger partial charge is 0.381 e. The Bertz CT molecular complexity index is 1200. The molecule has 5 atom stereocenters. The van der Waals surface area contributed by atoms with Gasteiger partial charge in [0.2, 0.25) is 0 Å². The standard InChI is InChI=1S/C35H52N4O4/c1-5-27-6-7-32(34(36-27)19-38-13-10-28(17-38)40-4)26-16-30(42-22-26)23-43-29-11-14-39(18-29)20-35-31(25-12-15-41-21-25)8-9-33(37-35)24(2)3/h6-9,24-26,28-30H,5,10-23H2,1-4H3/t25?,26?,28?,29-,30?/m0/s1. The second kappa shape index (κ2) is 14.4. The molecule has 0 radical (unpaired) electrons. The highest BCUT2D eigenvalue weighted by atomic mass is 16.5. The maximum absolute atomic E-state index is 6.48. The quantitative estimate of drug-likeness (QED) is 0.339. The highest BCUT2D eigenvalue weighted by molar-refractivity contribution is 5.30. The Morgan fingerprint density at radius 2 is 1.60 bits per heavy atom. The van der Waals surface area contributed by atoms with Crippen molar-refractivity contribution in [3.05, 3.63) is 58.2 Å². The molecule has 236 valence electrons. The second-order valence-electron chi connectivity index (χ2n) is 13.4. The van der Waals surface area contributed by atoms with Crippen LogP contribution in [-0.4, -0.2) is 97.8 Å². The lowest BCUT2D eigenvalue weighted by Gasteiger charge is -2.21. The highest BCUT2D eigenvalue weighted by Crippen LogP contribution is 2.34. The first-order chi connectivity index (χ1) is 21.0. The van der Waals surface area contributed by atoms with E-state index in [0.29, 0.717) is 30.5 Å². The van der Waals surface area contributed by atoms with Crippen LogP contribution in [0.3, 0.4) is 0 Å². The van der Waals surface area contributed by atoms with Crippen molar-refractivity contribution in [3.8, 4) is 0 Å². The van der Waals surface area contributed by atoms with Crippen LogP contribution in [-0.2, 0) is 38.5 Å². The summed E-state index contributed by atoms with van der Waals surface area (Å²) in [7, 11) is 1.82. The van der Waals surface area contributed by atoms with E-state index in [1.165, 1.54) is 33.9 Å². The fourth-order valence-corrected chi connectivity index (χ4v) is 7.30. The van der Waals surface area contributed by atoms with Gasteiger partial charge in [-0.05, 0) is 61.3 Å². The third kappa shape index (κ3) is 7.66. The molecule has 0 aromatic carbocycles. The maximum Gasteiger partial charge on any atom is 0.0815 e. The van der Waals surface area contributed by atoms with Crippen LogP contribution in [0.15, 0.2) is 24.3 Å². The van der Waals surface area contributed by atoms with Gasteiger partial charge in [0.1, 0.15) is 0 Å². The first kappa shape index (κ1) is 31.1. The third-order valence-electron chi connectivity index (χ3n) is 10.00. The molecule has 4 unspecified atom stereocenters. The number of ether oxygens (including phenoxy) is 4. The van der Waals surface area contributed by atoms with Crippen molar-refractivity contribution in [1.82, 2.24) is 19.8 Å². The van der Waals surface area contributed by atoms with E-state index in [9.17, 15) is 0 Å². The molecule has 0 aliphatic carbocycles. The van der Waals surface area contributed by atoms with E-state index in [1.54, 1.807) is 0 Å². The van der Waals surface area contributed by atoms with Gasteiger partial charge < -0.3 is 18.9 Å². The van der Waals surface area contributed by atoms with Gasteiger partial charge in [-0.2, -0.15) is 0 Å². The van der Waals surface area contributed by atoms with Gasteiger partial charge in [0.25, 0.3) is 0 Å². The molecular formula is C35H52N4O4. The summed E-state index contributed by atoms with van der Waals surface area (Å²) in [6, 6.07) is 9.04. The van der Waals surface area contributed by atoms with E-state index < -0.39 is 0 Å². The van der Waals surface area contributed by atoms with Crippen molar-refractivity contribution >= 4 is 0 Å². The van der Waals surface area contributed by atoms with E-state index in [-0.39, 0.29) is 12.2 Å².